The molecule has 1 aromatic rings. The summed E-state index contributed by atoms with van der Waals surface area (Å²) in [6.45, 7) is 5.03. The van der Waals surface area contributed by atoms with Crippen molar-refractivity contribution in [3.05, 3.63) is 24.3 Å². The minimum atomic E-state index is -3.80. The molecular formula is C18H29N3O5S2. The second-order valence-corrected chi connectivity index (χ2v) is 11.7. The summed E-state index contributed by atoms with van der Waals surface area (Å²) in [5.74, 6) is -0.180. The maximum Gasteiger partial charge on any atom is 0.243 e. The number of nitrogens with one attached hydrogen (secondary N) is 1. The molecule has 1 saturated heterocycles. The quantitative estimate of drug-likeness (QED) is 0.696. The number of carbonyl (C=O) groups is 1. The Kier molecular flexibility index (Phi) is 7.24. The van der Waals surface area contributed by atoms with Crippen molar-refractivity contribution in [3.8, 4) is 0 Å². The molecule has 1 aliphatic rings. The fraction of sp³-hybridized carbons (Fsp3) is 0.611. The van der Waals surface area contributed by atoms with Crippen LogP contribution in [-0.4, -0.2) is 65.1 Å². The van der Waals surface area contributed by atoms with E-state index in [0.29, 0.717) is 31.8 Å². The number of hydrogen-bond donors (Lipinski definition) is 1. The maximum atomic E-state index is 13.0. The highest BCUT2D eigenvalue weighted by molar-refractivity contribution is 7.89. The molecule has 8 nitrogen and oxygen atoms in total. The summed E-state index contributed by atoms with van der Waals surface area (Å²) in [6.07, 6.45) is 1.25. The van der Waals surface area contributed by atoms with Gasteiger partial charge in [0.2, 0.25) is 26.0 Å². The van der Waals surface area contributed by atoms with Gasteiger partial charge in [0, 0.05) is 33.7 Å². The molecule has 10 heteroatoms. The lowest BCUT2D eigenvalue weighted by molar-refractivity contribution is -0.126. The summed E-state index contributed by atoms with van der Waals surface area (Å²) >= 11 is 0. The Labute approximate surface area is 168 Å². The predicted molar refractivity (Wildman–Crippen MR) is 107 cm³/mol. The zero-order valence-electron chi connectivity index (χ0n) is 16.8. The van der Waals surface area contributed by atoms with Crippen LogP contribution in [0, 0.1) is 11.8 Å². The standard InChI is InChI=1S/C18H29N3O5S2/c1-14(2)12-19-18(22)15-6-5-11-21(13-15)28(25,26)17-9-7-16(8-10-17)27(23,24)20(3)4/h7-10,14-15H,5-6,11-13H2,1-4H3,(H,19,22)/t15-/m0/s1. The molecule has 1 aliphatic heterocycles. The van der Waals surface area contributed by atoms with Crippen molar-refractivity contribution >= 4 is 26.0 Å². The third-order valence-electron chi connectivity index (χ3n) is 4.68. The monoisotopic (exact) mass is 431 g/mol. The van der Waals surface area contributed by atoms with Gasteiger partial charge < -0.3 is 5.32 Å². The molecule has 0 aromatic heterocycles. The third-order valence-corrected chi connectivity index (χ3v) is 8.39. The van der Waals surface area contributed by atoms with Crippen LogP contribution in [0.25, 0.3) is 0 Å². The number of rotatable bonds is 7. The lowest BCUT2D eigenvalue weighted by Crippen LogP contribution is -2.45. The van der Waals surface area contributed by atoms with Crippen LogP contribution in [-0.2, 0) is 24.8 Å². The van der Waals surface area contributed by atoms with E-state index in [0.717, 1.165) is 4.31 Å². The van der Waals surface area contributed by atoms with Gasteiger partial charge in [0.05, 0.1) is 15.7 Å². The van der Waals surface area contributed by atoms with Crippen LogP contribution >= 0.6 is 0 Å². The van der Waals surface area contributed by atoms with E-state index in [1.54, 1.807) is 0 Å². The van der Waals surface area contributed by atoms with Crippen molar-refractivity contribution in [2.45, 2.75) is 36.5 Å². The van der Waals surface area contributed by atoms with Gasteiger partial charge in [-0.2, -0.15) is 4.31 Å². The highest BCUT2D eigenvalue weighted by Gasteiger charge is 2.33. The van der Waals surface area contributed by atoms with Crippen LogP contribution < -0.4 is 5.32 Å². The van der Waals surface area contributed by atoms with Gasteiger partial charge in [-0.1, -0.05) is 13.8 Å². The molecule has 28 heavy (non-hydrogen) atoms. The Morgan fingerprint density at radius 1 is 1.14 bits per heavy atom. The minimum Gasteiger partial charge on any atom is -0.356 e. The molecule has 0 radical (unpaired) electrons. The Hall–Kier alpha value is -1.49. The van der Waals surface area contributed by atoms with E-state index in [4.69, 9.17) is 0 Å². The highest BCUT2D eigenvalue weighted by Crippen LogP contribution is 2.25. The molecule has 0 unspecified atom stereocenters. The van der Waals surface area contributed by atoms with Crippen molar-refractivity contribution in [2.24, 2.45) is 11.8 Å². The molecule has 1 atom stereocenters. The van der Waals surface area contributed by atoms with Gasteiger partial charge in [-0.15, -0.1) is 0 Å². The Morgan fingerprint density at radius 3 is 2.25 bits per heavy atom. The van der Waals surface area contributed by atoms with Gasteiger partial charge in [0.15, 0.2) is 0 Å². The topological polar surface area (TPSA) is 104 Å². The zero-order valence-corrected chi connectivity index (χ0v) is 18.4. The van der Waals surface area contributed by atoms with E-state index in [1.807, 2.05) is 13.8 Å². The molecule has 0 bridgehead atoms. The number of benzene rings is 1. The summed E-state index contributed by atoms with van der Waals surface area (Å²) in [4.78, 5) is 12.4. The van der Waals surface area contributed by atoms with Crippen molar-refractivity contribution in [1.82, 2.24) is 13.9 Å². The van der Waals surface area contributed by atoms with E-state index >= 15 is 0 Å². The lowest BCUT2D eigenvalue weighted by Gasteiger charge is -2.31. The molecule has 1 N–H and O–H groups in total. The smallest absolute Gasteiger partial charge is 0.243 e. The summed E-state index contributed by atoms with van der Waals surface area (Å²) < 4.78 is 52.6. The molecule has 1 heterocycles. The molecule has 2 rings (SSSR count). The first-order valence-electron chi connectivity index (χ1n) is 9.26. The van der Waals surface area contributed by atoms with Crippen molar-refractivity contribution < 1.29 is 21.6 Å². The van der Waals surface area contributed by atoms with Crippen LogP contribution in [0.1, 0.15) is 26.7 Å². The number of hydrogen-bond acceptors (Lipinski definition) is 5. The second-order valence-electron chi connectivity index (χ2n) is 7.60. The first-order valence-corrected chi connectivity index (χ1v) is 12.1. The first kappa shape index (κ1) is 22.8. The summed E-state index contributed by atoms with van der Waals surface area (Å²) in [5, 5.41) is 2.87. The van der Waals surface area contributed by atoms with Crippen molar-refractivity contribution in [2.75, 3.05) is 33.7 Å². The summed E-state index contributed by atoms with van der Waals surface area (Å²) in [5.41, 5.74) is 0. The lowest BCUT2D eigenvalue weighted by atomic mass is 9.98. The minimum absolute atomic E-state index is 0.0217. The van der Waals surface area contributed by atoms with Crippen LogP contribution in [0.4, 0.5) is 0 Å². The van der Waals surface area contributed by atoms with Crippen LogP contribution in [0.5, 0.6) is 0 Å². The maximum absolute atomic E-state index is 13.0. The molecule has 1 fully saturated rings. The highest BCUT2D eigenvalue weighted by atomic mass is 32.2. The van der Waals surface area contributed by atoms with Gasteiger partial charge in [0.1, 0.15) is 0 Å². The Bertz CT molecular complexity index is 894. The average molecular weight is 432 g/mol. The number of carbonyl (C=O) groups excluding carboxylic acids is 1. The van der Waals surface area contributed by atoms with E-state index in [2.05, 4.69) is 5.32 Å². The average Bonchev–Trinajstić information content (AvgIpc) is 2.66. The summed E-state index contributed by atoms with van der Waals surface area (Å²) in [6, 6.07) is 5.18. The largest absolute Gasteiger partial charge is 0.356 e. The Morgan fingerprint density at radius 2 is 1.71 bits per heavy atom. The normalized spacial score (nSPS) is 19.1. The van der Waals surface area contributed by atoms with E-state index < -0.39 is 20.0 Å². The van der Waals surface area contributed by atoms with E-state index in [9.17, 15) is 21.6 Å². The molecule has 1 aromatic carbocycles. The third kappa shape index (κ3) is 5.11. The molecule has 0 saturated carbocycles. The van der Waals surface area contributed by atoms with Gasteiger partial charge in [0.25, 0.3) is 0 Å². The molecule has 0 spiro atoms. The first-order chi connectivity index (χ1) is 13.0. The van der Waals surface area contributed by atoms with E-state index in [1.165, 1.54) is 42.7 Å². The van der Waals surface area contributed by atoms with Crippen molar-refractivity contribution in [3.63, 3.8) is 0 Å². The van der Waals surface area contributed by atoms with Gasteiger partial charge in [-0.3, -0.25) is 4.79 Å². The molecule has 158 valence electrons. The number of piperidine rings is 1. The van der Waals surface area contributed by atoms with Crippen molar-refractivity contribution in [1.29, 1.82) is 0 Å². The fourth-order valence-corrected chi connectivity index (χ4v) is 5.39. The summed E-state index contributed by atoms with van der Waals surface area (Å²) in [7, 11) is -4.59. The molecular weight excluding hydrogens is 402 g/mol. The van der Waals surface area contributed by atoms with Crippen LogP contribution in [0.15, 0.2) is 34.1 Å². The van der Waals surface area contributed by atoms with E-state index in [-0.39, 0.29) is 28.2 Å². The number of amides is 1. The Balaban J connectivity index is 2.16. The fourth-order valence-electron chi connectivity index (χ4n) is 2.97. The molecule has 0 aliphatic carbocycles. The van der Waals surface area contributed by atoms with Gasteiger partial charge in [-0.25, -0.2) is 21.1 Å². The second kappa shape index (κ2) is 8.89. The number of sulfonamides is 2. The number of nitrogens with zero attached hydrogens (tertiary/aromatic N) is 2. The van der Waals surface area contributed by atoms with Crippen LogP contribution in [0.2, 0.25) is 0 Å². The molecule has 1 amide bonds. The van der Waals surface area contributed by atoms with Gasteiger partial charge >= 0.3 is 0 Å². The predicted octanol–water partition coefficient (Wildman–Crippen LogP) is 1.11. The van der Waals surface area contributed by atoms with Gasteiger partial charge in [-0.05, 0) is 43.0 Å². The zero-order chi connectivity index (χ0) is 21.1. The van der Waals surface area contributed by atoms with Crippen LogP contribution in [0.3, 0.4) is 0 Å². The SMILES string of the molecule is CC(C)CNC(=O)[C@H]1CCCN(S(=O)(=O)c2ccc(S(=O)(=O)N(C)C)cc2)C1.